The number of hydrogen-bond acceptors (Lipinski definition) is 4. The lowest BCUT2D eigenvalue weighted by molar-refractivity contribution is -0.136. The zero-order valence-electron chi connectivity index (χ0n) is 20.0. The minimum absolute atomic E-state index is 0.00285. The van der Waals surface area contributed by atoms with Gasteiger partial charge in [-0.1, -0.05) is 31.2 Å². The SMILES string of the molecule is CCCC(=O)N1CCC(C2(Cc3ccccc3C)NC(=O)N(CCCN(C)C)C2=O)CC1. The molecule has 2 aliphatic heterocycles. The summed E-state index contributed by atoms with van der Waals surface area (Å²) in [6.07, 6.45) is 4.08. The lowest BCUT2D eigenvalue weighted by atomic mass is 9.73. The Labute approximate surface area is 192 Å². The van der Waals surface area contributed by atoms with E-state index in [9.17, 15) is 14.4 Å². The van der Waals surface area contributed by atoms with Gasteiger partial charge in [-0.15, -0.1) is 0 Å². The maximum atomic E-state index is 13.8. The summed E-state index contributed by atoms with van der Waals surface area (Å²) in [4.78, 5) is 44.5. The van der Waals surface area contributed by atoms with Crippen LogP contribution in [0.1, 0.15) is 50.2 Å². The molecule has 7 nitrogen and oxygen atoms in total. The Morgan fingerprint density at radius 1 is 1.19 bits per heavy atom. The Hall–Kier alpha value is -2.41. The number of benzene rings is 1. The summed E-state index contributed by atoms with van der Waals surface area (Å²) in [5, 5.41) is 3.14. The standard InChI is InChI=1S/C25H38N4O3/c1-5-9-22(30)28-16-12-21(13-17-28)25(18-20-11-7-6-10-19(20)2)23(31)29(24(32)26-25)15-8-14-27(3)4/h6-7,10-11,21H,5,8-9,12-18H2,1-4H3,(H,26,32). The molecule has 0 bridgehead atoms. The van der Waals surface area contributed by atoms with Gasteiger partial charge in [0.05, 0.1) is 0 Å². The summed E-state index contributed by atoms with van der Waals surface area (Å²) in [5.74, 6) is 0.0805. The van der Waals surface area contributed by atoms with E-state index >= 15 is 0 Å². The molecule has 2 aliphatic rings. The van der Waals surface area contributed by atoms with Crippen LogP contribution in [0.15, 0.2) is 24.3 Å². The molecule has 7 heteroatoms. The number of urea groups is 1. The fraction of sp³-hybridized carbons (Fsp3) is 0.640. The quantitative estimate of drug-likeness (QED) is 0.597. The second kappa shape index (κ2) is 10.5. The van der Waals surface area contributed by atoms with E-state index < -0.39 is 5.54 Å². The summed E-state index contributed by atoms with van der Waals surface area (Å²) in [6, 6.07) is 7.78. The third-order valence-electron chi connectivity index (χ3n) is 6.93. The number of aryl methyl sites for hydroxylation is 1. The van der Waals surface area contributed by atoms with Crippen molar-refractivity contribution in [1.29, 1.82) is 0 Å². The van der Waals surface area contributed by atoms with Crippen LogP contribution in [-0.4, -0.2) is 78.4 Å². The molecule has 2 fully saturated rings. The average Bonchev–Trinajstić information content (AvgIpc) is 3.00. The number of carbonyl (C=O) groups excluding carboxylic acids is 3. The molecule has 32 heavy (non-hydrogen) atoms. The van der Waals surface area contributed by atoms with Crippen molar-refractivity contribution in [1.82, 2.24) is 20.0 Å². The highest BCUT2D eigenvalue weighted by Gasteiger charge is 2.55. The molecule has 1 atom stereocenters. The van der Waals surface area contributed by atoms with Crippen LogP contribution in [0.25, 0.3) is 0 Å². The first-order chi connectivity index (χ1) is 15.3. The molecule has 1 unspecified atom stereocenters. The van der Waals surface area contributed by atoms with E-state index in [4.69, 9.17) is 0 Å². The van der Waals surface area contributed by atoms with Crippen molar-refractivity contribution in [3.63, 3.8) is 0 Å². The van der Waals surface area contributed by atoms with Gasteiger partial charge in [-0.25, -0.2) is 4.79 Å². The predicted octanol–water partition coefficient (Wildman–Crippen LogP) is 2.82. The topological polar surface area (TPSA) is 73.0 Å². The molecule has 0 radical (unpaired) electrons. The molecule has 176 valence electrons. The molecular weight excluding hydrogens is 404 g/mol. The van der Waals surface area contributed by atoms with Crippen LogP contribution >= 0.6 is 0 Å². The molecule has 1 aromatic rings. The smallest absolute Gasteiger partial charge is 0.325 e. The number of imide groups is 1. The van der Waals surface area contributed by atoms with E-state index in [2.05, 4.69) is 10.2 Å². The van der Waals surface area contributed by atoms with Crippen molar-refractivity contribution in [2.24, 2.45) is 5.92 Å². The van der Waals surface area contributed by atoms with Crippen LogP contribution in [0.2, 0.25) is 0 Å². The van der Waals surface area contributed by atoms with Crippen LogP contribution < -0.4 is 5.32 Å². The second-order valence-electron chi connectivity index (χ2n) is 9.52. The van der Waals surface area contributed by atoms with E-state index in [1.165, 1.54) is 4.90 Å². The van der Waals surface area contributed by atoms with Crippen molar-refractivity contribution in [3.8, 4) is 0 Å². The maximum absolute atomic E-state index is 13.8. The highest BCUT2D eigenvalue weighted by Crippen LogP contribution is 2.37. The Morgan fingerprint density at radius 3 is 2.50 bits per heavy atom. The lowest BCUT2D eigenvalue weighted by Gasteiger charge is -2.41. The number of likely N-dealkylation sites (tertiary alicyclic amines) is 1. The second-order valence-corrected chi connectivity index (χ2v) is 9.52. The van der Waals surface area contributed by atoms with Crippen LogP contribution in [0.3, 0.4) is 0 Å². The van der Waals surface area contributed by atoms with E-state index in [0.717, 1.165) is 43.4 Å². The fourth-order valence-electron chi connectivity index (χ4n) is 5.04. The van der Waals surface area contributed by atoms with Crippen molar-refractivity contribution in [2.45, 2.75) is 57.9 Å². The average molecular weight is 443 g/mol. The van der Waals surface area contributed by atoms with Crippen LogP contribution in [0, 0.1) is 12.8 Å². The molecule has 0 aliphatic carbocycles. The minimum Gasteiger partial charge on any atom is -0.343 e. The van der Waals surface area contributed by atoms with Gasteiger partial charge in [0.15, 0.2) is 0 Å². The van der Waals surface area contributed by atoms with Gasteiger partial charge < -0.3 is 15.1 Å². The molecule has 3 rings (SSSR count). The Morgan fingerprint density at radius 2 is 1.88 bits per heavy atom. The van der Waals surface area contributed by atoms with Gasteiger partial charge in [-0.05, 0) is 70.3 Å². The van der Waals surface area contributed by atoms with Crippen molar-refractivity contribution >= 4 is 17.8 Å². The first kappa shape index (κ1) is 24.2. The molecule has 0 aromatic heterocycles. The van der Waals surface area contributed by atoms with Gasteiger partial charge in [0, 0.05) is 32.5 Å². The zero-order chi connectivity index (χ0) is 23.3. The van der Waals surface area contributed by atoms with Crippen molar-refractivity contribution in [3.05, 3.63) is 35.4 Å². The summed E-state index contributed by atoms with van der Waals surface area (Å²) >= 11 is 0. The lowest BCUT2D eigenvalue weighted by Crippen LogP contribution is -2.58. The Bertz CT molecular complexity index is 832. The maximum Gasteiger partial charge on any atom is 0.325 e. The van der Waals surface area contributed by atoms with Crippen LogP contribution in [0.4, 0.5) is 4.79 Å². The number of amides is 4. The summed E-state index contributed by atoms with van der Waals surface area (Å²) in [6.45, 7) is 6.59. The molecule has 0 spiro atoms. The monoisotopic (exact) mass is 442 g/mol. The highest BCUT2D eigenvalue weighted by molar-refractivity contribution is 6.07. The van der Waals surface area contributed by atoms with Gasteiger partial charge in [0.2, 0.25) is 5.91 Å². The molecule has 1 N–H and O–H groups in total. The van der Waals surface area contributed by atoms with Gasteiger partial charge in [-0.3, -0.25) is 14.5 Å². The summed E-state index contributed by atoms with van der Waals surface area (Å²) in [7, 11) is 3.98. The molecule has 4 amide bonds. The zero-order valence-corrected chi connectivity index (χ0v) is 20.0. The van der Waals surface area contributed by atoms with E-state index in [0.29, 0.717) is 32.5 Å². The number of rotatable bonds is 9. The predicted molar refractivity (Wildman–Crippen MR) is 125 cm³/mol. The van der Waals surface area contributed by atoms with Crippen molar-refractivity contribution in [2.75, 3.05) is 40.3 Å². The number of hydrogen-bond donors (Lipinski definition) is 1. The number of piperidine rings is 1. The highest BCUT2D eigenvalue weighted by atomic mass is 16.2. The molecule has 2 saturated heterocycles. The number of nitrogens with one attached hydrogen (secondary N) is 1. The molecule has 2 heterocycles. The normalized spacial score (nSPS) is 22.0. The van der Waals surface area contributed by atoms with Crippen LogP contribution in [0.5, 0.6) is 0 Å². The fourth-order valence-corrected chi connectivity index (χ4v) is 5.04. The van der Waals surface area contributed by atoms with Gasteiger partial charge in [-0.2, -0.15) is 0 Å². The molecule has 0 saturated carbocycles. The Balaban J connectivity index is 1.83. The third-order valence-corrected chi connectivity index (χ3v) is 6.93. The van der Waals surface area contributed by atoms with E-state index in [1.54, 1.807) is 0 Å². The van der Waals surface area contributed by atoms with E-state index in [-0.39, 0.29) is 23.8 Å². The van der Waals surface area contributed by atoms with Gasteiger partial charge in [0.25, 0.3) is 5.91 Å². The molecule has 1 aromatic carbocycles. The number of nitrogens with zero attached hydrogens (tertiary/aromatic N) is 3. The largest absolute Gasteiger partial charge is 0.343 e. The van der Waals surface area contributed by atoms with Gasteiger partial charge >= 0.3 is 6.03 Å². The minimum atomic E-state index is -0.943. The third kappa shape index (κ3) is 5.14. The number of carbonyl (C=O) groups is 3. The van der Waals surface area contributed by atoms with E-state index in [1.807, 2.05) is 57.1 Å². The van der Waals surface area contributed by atoms with Crippen LogP contribution in [-0.2, 0) is 16.0 Å². The first-order valence-corrected chi connectivity index (χ1v) is 11.9. The van der Waals surface area contributed by atoms with Gasteiger partial charge in [0.1, 0.15) is 5.54 Å². The summed E-state index contributed by atoms with van der Waals surface area (Å²) in [5.41, 5.74) is 1.26. The molecular formula is C25H38N4O3. The Kier molecular flexibility index (Phi) is 7.93. The van der Waals surface area contributed by atoms with Crippen molar-refractivity contribution < 1.29 is 14.4 Å². The first-order valence-electron chi connectivity index (χ1n) is 11.9. The summed E-state index contributed by atoms with van der Waals surface area (Å²) < 4.78 is 0.